The van der Waals surface area contributed by atoms with E-state index in [1.807, 2.05) is 12.1 Å². The van der Waals surface area contributed by atoms with E-state index in [4.69, 9.17) is 16.7 Å². The number of rotatable bonds is 3. The van der Waals surface area contributed by atoms with Gasteiger partial charge in [0.15, 0.2) is 0 Å². The van der Waals surface area contributed by atoms with Crippen LogP contribution in [0.25, 0.3) is 0 Å². The minimum Gasteiger partial charge on any atom is -0.320 e. The minimum atomic E-state index is -0.311. The van der Waals surface area contributed by atoms with Gasteiger partial charge < -0.3 is 5.32 Å². The van der Waals surface area contributed by atoms with E-state index in [1.54, 1.807) is 12.1 Å². The van der Waals surface area contributed by atoms with Crippen LogP contribution >= 0.6 is 23.5 Å². The average Bonchev–Trinajstić information content (AvgIpc) is 2.21. The minimum absolute atomic E-state index is 0.311. The summed E-state index contributed by atoms with van der Waals surface area (Å²) in [5, 5.41) is 8.02. The first-order valence-corrected chi connectivity index (χ1v) is 5.47. The molecular weight excluding hydrogens is 232 g/mol. The summed E-state index contributed by atoms with van der Waals surface area (Å²) >= 11 is 6.38. The Morgan fingerprint density at radius 3 is 2.60 bits per heavy atom. The molecule has 0 radical (unpaired) electrons. The van der Waals surface area contributed by atoms with Crippen molar-refractivity contribution in [2.45, 2.75) is 6.42 Å². The maximum absolute atomic E-state index is 10.9. The van der Waals surface area contributed by atoms with E-state index < -0.39 is 0 Å². The molecule has 0 aromatic heterocycles. The van der Waals surface area contributed by atoms with Crippen LogP contribution in [0.1, 0.15) is 5.56 Å². The molecule has 0 heterocycles. The maximum atomic E-state index is 10.9. The van der Waals surface area contributed by atoms with E-state index in [-0.39, 0.29) is 5.24 Å². The van der Waals surface area contributed by atoms with Crippen LogP contribution in [0, 0.1) is 0 Å². The van der Waals surface area contributed by atoms with E-state index in [9.17, 15) is 4.79 Å². The topological polar surface area (TPSA) is 55.1 Å². The Morgan fingerprint density at radius 1 is 1.47 bits per heavy atom. The molecule has 1 rings (SSSR count). The molecule has 80 valence electrons. The van der Waals surface area contributed by atoms with Crippen LogP contribution in [0.15, 0.2) is 36.5 Å². The molecule has 0 saturated carbocycles. The van der Waals surface area contributed by atoms with Crippen LogP contribution in [0.2, 0.25) is 5.02 Å². The van der Waals surface area contributed by atoms with Gasteiger partial charge in [-0.2, -0.15) is 0 Å². The second kappa shape index (κ2) is 5.80. The van der Waals surface area contributed by atoms with Gasteiger partial charge in [0.2, 0.25) is 0 Å². The third-order valence-corrected chi connectivity index (χ3v) is 2.28. The van der Waals surface area contributed by atoms with Crippen molar-refractivity contribution in [1.82, 2.24) is 5.32 Å². The number of halogens is 1. The molecule has 0 unspecified atom stereocenters. The summed E-state index contributed by atoms with van der Waals surface area (Å²) < 4.78 is 0. The molecule has 0 aliphatic carbocycles. The van der Waals surface area contributed by atoms with Crippen molar-refractivity contribution in [2.24, 2.45) is 5.14 Å². The number of carbonyl (C=O) groups excluding carboxylic acids is 1. The lowest BCUT2D eigenvalue weighted by molar-refractivity contribution is 0.262. The second-order valence-electron chi connectivity index (χ2n) is 2.94. The summed E-state index contributed by atoms with van der Waals surface area (Å²) in [5.41, 5.74) is 1.65. The molecule has 0 spiro atoms. The van der Waals surface area contributed by atoms with Gasteiger partial charge in [-0.25, -0.2) is 0 Å². The highest BCUT2D eigenvalue weighted by Crippen LogP contribution is 2.11. The molecule has 0 bridgehead atoms. The van der Waals surface area contributed by atoms with Crippen LogP contribution in [0.5, 0.6) is 0 Å². The maximum Gasteiger partial charge on any atom is 0.297 e. The fourth-order valence-corrected chi connectivity index (χ4v) is 1.40. The molecule has 0 aliphatic heterocycles. The number of amides is 1. The van der Waals surface area contributed by atoms with Crippen molar-refractivity contribution < 1.29 is 4.79 Å². The Bertz CT molecular complexity index is 364. The molecular formula is C10H11ClN2OS. The predicted molar refractivity (Wildman–Crippen MR) is 64.6 cm³/mol. The fraction of sp³-hybridized carbons (Fsp3) is 0.100. The van der Waals surface area contributed by atoms with Gasteiger partial charge in [-0.3, -0.25) is 9.93 Å². The number of hydrogen-bond acceptors (Lipinski definition) is 3. The highest BCUT2D eigenvalue weighted by atomic mass is 35.5. The lowest BCUT2D eigenvalue weighted by Crippen LogP contribution is -2.19. The monoisotopic (exact) mass is 242 g/mol. The molecule has 0 fully saturated rings. The Morgan fingerprint density at radius 2 is 2.07 bits per heavy atom. The quantitative estimate of drug-likeness (QED) is 0.802. The Labute approximate surface area is 97.8 Å². The first-order valence-electron chi connectivity index (χ1n) is 4.21. The first-order chi connectivity index (χ1) is 7.11. The van der Waals surface area contributed by atoms with Gasteiger partial charge in [0.25, 0.3) is 5.24 Å². The van der Waals surface area contributed by atoms with E-state index in [0.717, 1.165) is 5.56 Å². The number of carbonyl (C=O) groups is 1. The van der Waals surface area contributed by atoms with Gasteiger partial charge in [-0.15, -0.1) is 0 Å². The molecule has 0 saturated heterocycles. The average molecular weight is 243 g/mol. The van der Waals surface area contributed by atoms with Crippen LogP contribution in [0.3, 0.4) is 0 Å². The van der Waals surface area contributed by atoms with E-state index in [0.29, 0.717) is 29.1 Å². The normalized spacial score (nSPS) is 9.73. The van der Waals surface area contributed by atoms with Crippen molar-refractivity contribution in [2.75, 3.05) is 0 Å². The largest absolute Gasteiger partial charge is 0.320 e. The zero-order chi connectivity index (χ0) is 11.3. The van der Waals surface area contributed by atoms with Crippen molar-refractivity contribution >= 4 is 28.8 Å². The zero-order valence-corrected chi connectivity index (χ0v) is 9.57. The molecule has 1 aromatic carbocycles. The van der Waals surface area contributed by atoms with Gasteiger partial charge in [0.05, 0.1) is 0 Å². The van der Waals surface area contributed by atoms with Crippen molar-refractivity contribution in [1.29, 1.82) is 0 Å². The number of allylic oxidation sites excluding steroid dienone is 1. The predicted octanol–water partition coefficient (Wildman–Crippen LogP) is 2.71. The number of nitrogens with one attached hydrogen (secondary N) is 1. The van der Waals surface area contributed by atoms with Gasteiger partial charge >= 0.3 is 0 Å². The number of hydrogen-bond donors (Lipinski definition) is 2. The zero-order valence-electron chi connectivity index (χ0n) is 8.00. The highest BCUT2D eigenvalue weighted by Gasteiger charge is 2.02. The van der Waals surface area contributed by atoms with Crippen LogP contribution in [-0.4, -0.2) is 5.24 Å². The van der Waals surface area contributed by atoms with Gasteiger partial charge in [-0.05, 0) is 17.7 Å². The Kier molecular flexibility index (Phi) is 4.68. The highest BCUT2D eigenvalue weighted by molar-refractivity contribution is 8.11. The summed E-state index contributed by atoms with van der Waals surface area (Å²) in [5.74, 6) is 0. The summed E-state index contributed by atoms with van der Waals surface area (Å²) in [7, 11) is 0. The standard InChI is InChI=1S/C10H11ClN2OS/c1-7(13-10(14)15-12)6-8-2-4-9(11)5-3-8/h2-5H,1,6,12H2,(H,13,14). The summed E-state index contributed by atoms with van der Waals surface area (Å²) in [6.07, 6.45) is 0.573. The molecule has 0 atom stereocenters. The van der Waals surface area contributed by atoms with Gasteiger partial charge in [-0.1, -0.05) is 30.3 Å². The van der Waals surface area contributed by atoms with Crippen LogP contribution in [-0.2, 0) is 6.42 Å². The van der Waals surface area contributed by atoms with Gasteiger partial charge in [0.1, 0.15) is 0 Å². The molecule has 5 heteroatoms. The van der Waals surface area contributed by atoms with Crippen molar-refractivity contribution in [3.63, 3.8) is 0 Å². The van der Waals surface area contributed by atoms with E-state index in [2.05, 4.69) is 11.9 Å². The molecule has 15 heavy (non-hydrogen) atoms. The van der Waals surface area contributed by atoms with Gasteiger partial charge in [0, 0.05) is 29.1 Å². The third kappa shape index (κ3) is 4.38. The first kappa shape index (κ1) is 12.1. The second-order valence-corrected chi connectivity index (χ2v) is 3.98. The smallest absolute Gasteiger partial charge is 0.297 e. The van der Waals surface area contributed by atoms with Crippen molar-refractivity contribution in [3.8, 4) is 0 Å². The fourth-order valence-electron chi connectivity index (χ4n) is 1.07. The van der Waals surface area contributed by atoms with Crippen LogP contribution in [0.4, 0.5) is 4.79 Å². The lowest BCUT2D eigenvalue weighted by atomic mass is 10.1. The molecule has 1 aromatic rings. The summed E-state index contributed by atoms with van der Waals surface area (Å²) in [6, 6.07) is 7.36. The molecule has 3 nitrogen and oxygen atoms in total. The summed E-state index contributed by atoms with van der Waals surface area (Å²) in [4.78, 5) is 10.9. The Hall–Kier alpha value is -0.970. The molecule has 3 N–H and O–H groups in total. The molecule has 0 aliphatic rings. The Balaban J connectivity index is 2.51. The number of nitrogens with two attached hydrogens (primary N) is 1. The van der Waals surface area contributed by atoms with E-state index in [1.165, 1.54) is 0 Å². The van der Waals surface area contributed by atoms with E-state index >= 15 is 0 Å². The third-order valence-electron chi connectivity index (χ3n) is 1.72. The number of benzene rings is 1. The van der Waals surface area contributed by atoms with Crippen molar-refractivity contribution in [3.05, 3.63) is 47.1 Å². The molecule has 1 amide bonds. The lowest BCUT2D eigenvalue weighted by Gasteiger charge is -2.06. The SMILES string of the molecule is C=C(Cc1ccc(Cl)cc1)NC(=O)SN. The van der Waals surface area contributed by atoms with Crippen LogP contribution < -0.4 is 10.5 Å². The summed E-state index contributed by atoms with van der Waals surface area (Å²) in [6.45, 7) is 3.73.